The molecule has 0 aromatic heterocycles. The van der Waals surface area contributed by atoms with E-state index in [1.165, 1.54) is 40.2 Å². The number of hydrogen-bond acceptors (Lipinski definition) is 32. The minimum atomic E-state index is -1.84. The molecule has 0 radical (unpaired) electrons. The van der Waals surface area contributed by atoms with Gasteiger partial charge in [-0.15, -0.1) is 0 Å². The van der Waals surface area contributed by atoms with Gasteiger partial charge in [0.05, 0.1) is 88.0 Å². The summed E-state index contributed by atoms with van der Waals surface area (Å²) >= 11 is 0. The lowest BCUT2D eigenvalue weighted by molar-refractivity contribution is -0.384. The Morgan fingerprint density at radius 1 is 0.555 bits per heavy atom. The zero-order chi connectivity index (χ0) is 95.8. The highest BCUT2D eigenvalue weighted by Gasteiger charge is 2.57. The Morgan fingerprint density at radius 3 is 1.27 bits per heavy atom. The molecule has 6 saturated heterocycles. The maximum Gasteiger partial charge on any atom is 0.311 e. The Hall–Kier alpha value is -4.46. The molecular formula is C93H168N6O29. The molecule has 0 bridgehead atoms. The van der Waals surface area contributed by atoms with Crippen LogP contribution in [0.5, 0.6) is 0 Å². The van der Waals surface area contributed by atoms with E-state index < -0.39 is 215 Å². The second-order valence-electron chi connectivity index (χ2n) is 39.7. The van der Waals surface area contributed by atoms with Crippen molar-refractivity contribution >= 4 is 29.5 Å². The highest BCUT2D eigenvalue weighted by atomic mass is 16.7. The molecule has 6 fully saturated rings. The van der Waals surface area contributed by atoms with Gasteiger partial charge in [-0.1, -0.05) is 61.1 Å². The number of methoxy groups -OCH3 is 2. The number of non-ortho nitro benzene ring substituents is 1. The summed E-state index contributed by atoms with van der Waals surface area (Å²) in [7, 11) is 10.4. The van der Waals surface area contributed by atoms with Crippen LogP contribution in [-0.4, -0.2) is 360 Å². The number of rotatable bonds is 28. The lowest BCUT2D eigenvalue weighted by atomic mass is 9.77. The third-order valence-electron chi connectivity index (χ3n) is 28.4. The standard InChI is InChI=1S/C50H86N4O15.C42H78N2O14.CH4/c1-14-38-50(10,61)43(57)33(6)53(12)28-29(2)26-48(8,60)45(31(4)42(32(5)46(59)67-38)68-40-27-49(9,64-13)44(58)34(7)66-40)69-47-41(56)37(25-30(3)65-47)52(11)24-16-15-17-39(55)51-23-22-35-18-20-36(21-19-35)54(62)63;1-14-30-42(10,52)35(48)27(6)44(12)22-23(2)20-40(8,51)37(58-39-33(47)29(19-24(3)54-39)43(11)18-16-15-17-31(45)46)25(4)34(26(5)38(50)56-30)57-32-21-41(9,53-13)36(49)28(7)55-32;/h18-21,29-34,37-38,40-45,47,56-58,60-61H,14-17,22-28H2,1-13H3,(H,51,55);23-30,32-37,39,47-49,51-52H,14-22H2,1-13H3,(H,45,46);1H4/t29-,30-,31+,32-,33-,34+,37+,38-,40+,41-,42+,43-,44+,45-,47+,48-,49-,50-;23-,24-,25+,26-,27-,28+,29+,30-,32+,33-,34+,35-,36+,37-,39+,40-,41-,42-;/m11./s1. The van der Waals surface area contributed by atoms with Crippen molar-refractivity contribution < 1.29 is 137 Å². The summed E-state index contributed by atoms with van der Waals surface area (Å²) in [5.41, 5.74) is -8.17. The third-order valence-corrected chi connectivity index (χ3v) is 28.4. The summed E-state index contributed by atoms with van der Waals surface area (Å²) in [6.45, 7) is 37.1. The quantitative estimate of drug-likeness (QED) is 0.0176. The number of aliphatic hydroxyl groups is 10. The molecule has 36 atom stereocenters. The number of ether oxygens (including phenoxy) is 12. The molecule has 1 aromatic carbocycles. The van der Waals surface area contributed by atoms with Gasteiger partial charge in [-0.05, 0) is 226 Å². The van der Waals surface area contributed by atoms with Gasteiger partial charge in [0.15, 0.2) is 25.2 Å². The Balaban J connectivity index is 0.000000457. The largest absolute Gasteiger partial charge is 0.481 e. The molecule has 0 aliphatic carbocycles. The second kappa shape index (κ2) is 49.3. The number of aliphatic hydroxyl groups excluding tert-OH is 6. The molecule has 128 heavy (non-hydrogen) atoms. The van der Waals surface area contributed by atoms with Crippen LogP contribution in [0.1, 0.15) is 241 Å². The fourth-order valence-corrected chi connectivity index (χ4v) is 20.2. The molecular weight excluding hydrogens is 1670 g/mol. The van der Waals surface area contributed by atoms with Gasteiger partial charge in [0.2, 0.25) is 5.91 Å². The average molecular weight is 1830 g/mol. The summed E-state index contributed by atoms with van der Waals surface area (Å²) in [6, 6.07) is 4.27. The maximum absolute atomic E-state index is 14.4. The topological polar surface area (TPSA) is 470 Å². The number of nitro groups is 1. The fourth-order valence-electron chi connectivity index (χ4n) is 20.2. The van der Waals surface area contributed by atoms with Crippen LogP contribution in [0.2, 0.25) is 0 Å². The fraction of sp³-hybridized carbons (Fsp3) is 0.892. The summed E-state index contributed by atoms with van der Waals surface area (Å²) in [5, 5.41) is 141. The van der Waals surface area contributed by atoms with Gasteiger partial charge < -0.3 is 138 Å². The molecule has 6 heterocycles. The van der Waals surface area contributed by atoms with Crippen molar-refractivity contribution in [2.75, 3.05) is 75.1 Å². The molecule has 7 rings (SSSR count). The monoisotopic (exact) mass is 1830 g/mol. The van der Waals surface area contributed by atoms with Gasteiger partial charge in [0.25, 0.3) is 5.69 Å². The number of esters is 2. The molecule has 35 nitrogen and oxygen atoms in total. The van der Waals surface area contributed by atoms with E-state index in [1.54, 1.807) is 109 Å². The summed E-state index contributed by atoms with van der Waals surface area (Å²) in [4.78, 5) is 70.8. The summed E-state index contributed by atoms with van der Waals surface area (Å²) in [6.07, 6.45) is -14.9. The van der Waals surface area contributed by atoms with Crippen molar-refractivity contribution in [3.05, 3.63) is 39.9 Å². The Labute approximate surface area is 761 Å². The van der Waals surface area contributed by atoms with Crippen LogP contribution < -0.4 is 5.32 Å². The number of unbranched alkanes of at least 4 members (excludes halogenated alkanes) is 2. The van der Waals surface area contributed by atoms with Crippen molar-refractivity contribution in [1.82, 2.24) is 24.9 Å². The molecule has 6 aliphatic rings. The van der Waals surface area contributed by atoms with Crippen molar-refractivity contribution in [3.8, 4) is 0 Å². The number of carboxylic acid groups (broad SMARTS) is 1. The molecule has 35 heteroatoms. The maximum atomic E-state index is 14.4. The number of hydrogen-bond donors (Lipinski definition) is 12. The number of nitrogens with one attached hydrogen (secondary N) is 1. The number of likely N-dealkylation sites (N-methyl/N-ethyl adjacent to an activating group) is 4. The van der Waals surface area contributed by atoms with E-state index >= 15 is 0 Å². The first-order valence-electron chi connectivity index (χ1n) is 46.2. The number of carboxylic acids is 1. The first-order chi connectivity index (χ1) is 59.0. The number of carbonyl (C=O) groups is 4. The van der Waals surface area contributed by atoms with Crippen LogP contribution in [-0.2, 0) is 82.4 Å². The average Bonchev–Trinajstić information content (AvgIpc) is 1.14. The molecule has 1 aromatic rings. The number of nitrogens with zero attached hydrogens (tertiary/aromatic N) is 5. The molecule has 12 N–H and O–H groups in total. The predicted molar refractivity (Wildman–Crippen MR) is 478 cm³/mol. The number of carbonyl (C=O) groups excluding carboxylic acids is 3. The Kier molecular flexibility index (Phi) is 44.0. The van der Waals surface area contributed by atoms with E-state index in [2.05, 4.69) is 5.32 Å². The number of benzene rings is 1. The second-order valence-corrected chi connectivity index (χ2v) is 39.7. The van der Waals surface area contributed by atoms with Gasteiger partial charge in [-0.25, -0.2) is 0 Å². The highest BCUT2D eigenvalue weighted by Crippen LogP contribution is 2.44. The van der Waals surface area contributed by atoms with E-state index in [0.717, 1.165) is 5.56 Å². The summed E-state index contributed by atoms with van der Waals surface area (Å²) in [5.74, 6) is -6.56. The first-order valence-corrected chi connectivity index (χ1v) is 46.2. The number of aliphatic carboxylic acids is 1. The zero-order valence-corrected chi connectivity index (χ0v) is 80.8. The molecule has 0 spiro atoms. The molecule has 0 saturated carbocycles. The van der Waals surface area contributed by atoms with E-state index in [9.17, 15) is 80.4 Å². The highest BCUT2D eigenvalue weighted by molar-refractivity contribution is 5.76. The van der Waals surface area contributed by atoms with E-state index in [-0.39, 0.29) is 88.0 Å². The van der Waals surface area contributed by atoms with Gasteiger partial charge in [-0.2, -0.15) is 0 Å². The number of nitro benzene ring substituents is 1. The lowest BCUT2D eigenvalue weighted by Gasteiger charge is -2.49. The minimum absolute atomic E-state index is 0. The van der Waals surface area contributed by atoms with Crippen molar-refractivity contribution in [2.45, 2.75) is 423 Å². The van der Waals surface area contributed by atoms with E-state index in [1.807, 2.05) is 75.5 Å². The molecule has 0 unspecified atom stereocenters. The number of cyclic esters (lactones) is 2. The molecule has 1 amide bonds. The lowest BCUT2D eigenvalue weighted by Crippen LogP contribution is -2.60. The minimum Gasteiger partial charge on any atom is -0.481 e. The van der Waals surface area contributed by atoms with Crippen LogP contribution >= 0.6 is 0 Å². The van der Waals surface area contributed by atoms with Gasteiger partial charge >= 0.3 is 17.9 Å². The van der Waals surface area contributed by atoms with E-state index in [0.29, 0.717) is 84.1 Å². The van der Waals surface area contributed by atoms with Crippen LogP contribution in [0.15, 0.2) is 24.3 Å². The van der Waals surface area contributed by atoms with E-state index in [4.69, 9.17) is 61.9 Å². The van der Waals surface area contributed by atoms with Gasteiger partial charge in [0, 0.05) is 108 Å². The Morgan fingerprint density at radius 2 is 0.922 bits per heavy atom. The van der Waals surface area contributed by atoms with Crippen LogP contribution in [0.3, 0.4) is 0 Å². The zero-order valence-electron chi connectivity index (χ0n) is 80.8. The first kappa shape index (κ1) is 114. The van der Waals surface area contributed by atoms with Crippen LogP contribution in [0.25, 0.3) is 0 Å². The SMILES string of the molecule is C.CC[C@H]1OC(=O)[C@H](C)[C@@H](O[C@H]2C[C@@](C)(OC)[C@@H](O)[C@H](C)O2)[C@H](C)[C@@H](O[C@@H]2O[C@H](C)C[C@H](N(C)CCCCC(=O)NCCc3ccc([N+](=O)[O-])cc3)[C@H]2O)[C@](C)(O)C[C@@H](C)CN(C)[C@H](C)[C@@H](O)[C@]1(C)O.CC[C@H]1OC(=O)[C@H](C)[C@@H](O[C@H]2C[C@@](C)(OC)[C@@H](O)[C@H](C)O2)[C@H](C)[C@@H](O[C@@H]2O[C@H](C)C[C@H](N(C)CCCCC(=O)O)[C@H]2O)[C@](C)(O)C[C@@H](C)CN(C)[C@H](C)[C@@H](O)[C@]1(C)O. The van der Waals surface area contributed by atoms with Crippen molar-refractivity contribution in [1.29, 1.82) is 0 Å². The van der Waals surface area contributed by atoms with Crippen molar-refractivity contribution in [3.63, 3.8) is 0 Å². The van der Waals surface area contributed by atoms with Gasteiger partial charge in [0.1, 0.15) is 60.0 Å². The molecule has 6 aliphatic heterocycles. The van der Waals surface area contributed by atoms with Crippen LogP contribution in [0, 0.1) is 45.6 Å². The normalized spacial score (nSPS) is 42.3. The summed E-state index contributed by atoms with van der Waals surface area (Å²) < 4.78 is 75.9. The van der Waals surface area contributed by atoms with Crippen molar-refractivity contribution in [2.24, 2.45) is 35.5 Å². The predicted octanol–water partition coefficient (Wildman–Crippen LogP) is 6.87. The smallest absolute Gasteiger partial charge is 0.311 e. The Bertz CT molecular complexity index is 3540. The molecule has 744 valence electrons. The third kappa shape index (κ3) is 29.8. The number of amides is 1. The van der Waals surface area contributed by atoms with Gasteiger partial charge in [-0.3, -0.25) is 29.3 Å². The van der Waals surface area contributed by atoms with Crippen LogP contribution in [0.4, 0.5) is 5.69 Å².